The lowest BCUT2D eigenvalue weighted by Gasteiger charge is -2.16. The van der Waals surface area contributed by atoms with Gasteiger partial charge in [0.1, 0.15) is 6.04 Å². The molecule has 1 heterocycles. The number of halogens is 3. The lowest BCUT2D eigenvalue weighted by atomic mass is 10.1. The molecule has 0 aliphatic rings. The average Bonchev–Trinajstić information content (AvgIpc) is 2.83. The van der Waals surface area contributed by atoms with E-state index in [1.54, 1.807) is 16.8 Å². The molecule has 2 aromatic rings. The molecule has 6 nitrogen and oxygen atoms in total. The highest BCUT2D eigenvalue weighted by Gasteiger charge is 2.36. The quantitative estimate of drug-likeness (QED) is 0.820. The van der Waals surface area contributed by atoms with E-state index < -0.39 is 30.5 Å². The molecule has 0 radical (unpaired) electrons. The lowest BCUT2D eigenvalue weighted by Crippen LogP contribution is -2.43. The summed E-state index contributed by atoms with van der Waals surface area (Å²) in [6.45, 7) is 4.11. The van der Waals surface area contributed by atoms with Crippen LogP contribution in [0.4, 0.5) is 13.2 Å². The predicted octanol–water partition coefficient (Wildman–Crippen LogP) is 2.68. The number of carbonyl (C=O) groups is 2. The average molecular weight is 369 g/mol. The zero-order valence-electron chi connectivity index (χ0n) is 14.2. The van der Waals surface area contributed by atoms with E-state index >= 15 is 0 Å². The highest BCUT2D eigenvalue weighted by molar-refractivity contribution is 5.96. The van der Waals surface area contributed by atoms with Crippen molar-refractivity contribution in [2.45, 2.75) is 39.0 Å². The van der Waals surface area contributed by atoms with Gasteiger partial charge in [0.15, 0.2) is 0 Å². The van der Waals surface area contributed by atoms with Crippen molar-refractivity contribution in [3.05, 3.63) is 52.8 Å². The van der Waals surface area contributed by atoms with Crippen LogP contribution in [0, 0.1) is 13.8 Å². The van der Waals surface area contributed by atoms with Crippen LogP contribution in [0.5, 0.6) is 0 Å². The minimum Gasteiger partial charge on any atom is -0.480 e. The Morgan fingerprint density at radius 2 is 1.96 bits per heavy atom. The fourth-order valence-electron chi connectivity index (χ4n) is 2.49. The van der Waals surface area contributed by atoms with E-state index in [4.69, 9.17) is 5.11 Å². The third-order valence-corrected chi connectivity index (χ3v) is 3.66. The Morgan fingerprint density at radius 3 is 2.50 bits per heavy atom. The maximum absolute atomic E-state index is 12.4. The molecule has 140 valence electrons. The molecule has 1 amide bonds. The number of carbonyl (C=O) groups excluding carboxylic acids is 1. The topological polar surface area (TPSA) is 84.2 Å². The molecule has 0 saturated heterocycles. The number of hydrogen-bond donors (Lipinski definition) is 2. The minimum absolute atomic E-state index is 0.0810. The van der Waals surface area contributed by atoms with Crippen LogP contribution in [0.3, 0.4) is 0 Å². The van der Waals surface area contributed by atoms with Crippen LogP contribution in [0.1, 0.15) is 33.7 Å². The van der Waals surface area contributed by atoms with E-state index in [0.717, 1.165) is 11.4 Å². The van der Waals surface area contributed by atoms with Crippen molar-refractivity contribution in [1.82, 2.24) is 15.1 Å². The van der Waals surface area contributed by atoms with Crippen LogP contribution in [-0.2, 0) is 11.3 Å². The second-order valence-electron chi connectivity index (χ2n) is 5.97. The maximum atomic E-state index is 12.4. The van der Waals surface area contributed by atoms with Gasteiger partial charge in [-0.2, -0.15) is 18.3 Å². The first-order valence-electron chi connectivity index (χ1n) is 7.75. The number of aliphatic carboxylic acids is 1. The van der Waals surface area contributed by atoms with Crippen LogP contribution >= 0.6 is 0 Å². The second kappa shape index (κ2) is 7.59. The zero-order valence-corrected chi connectivity index (χ0v) is 14.2. The fourth-order valence-corrected chi connectivity index (χ4v) is 2.49. The Kier molecular flexibility index (Phi) is 5.69. The second-order valence-corrected chi connectivity index (χ2v) is 5.97. The Balaban J connectivity index is 2.14. The van der Waals surface area contributed by atoms with Crippen molar-refractivity contribution in [3.8, 4) is 0 Å². The summed E-state index contributed by atoms with van der Waals surface area (Å²) in [5, 5.41) is 15.1. The van der Waals surface area contributed by atoms with E-state index in [2.05, 4.69) is 5.10 Å². The predicted molar refractivity (Wildman–Crippen MR) is 86.8 cm³/mol. The van der Waals surface area contributed by atoms with Gasteiger partial charge in [0.05, 0.1) is 18.7 Å². The number of amides is 1. The summed E-state index contributed by atoms with van der Waals surface area (Å²) in [6, 6.07) is 6.09. The Hall–Kier alpha value is -2.84. The lowest BCUT2D eigenvalue weighted by molar-refractivity contribution is -0.157. The standard InChI is InChI=1S/C17H18F3N3O3/c1-10-6-11(2)23(22-10)9-12-4-3-5-13(7-12)15(24)21-14(16(25)26)8-17(18,19)20/h3-7,14H,8-9H2,1-2H3,(H,21,24)(H,25,26). The third kappa shape index (κ3) is 5.33. The Morgan fingerprint density at radius 1 is 1.27 bits per heavy atom. The number of carboxylic acids is 1. The molecule has 0 aliphatic heterocycles. The number of aryl methyl sites for hydroxylation is 2. The monoisotopic (exact) mass is 369 g/mol. The first-order valence-corrected chi connectivity index (χ1v) is 7.75. The number of hydrogen-bond acceptors (Lipinski definition) is 3. The van der Waals surface area contributed by atoms with Crippen molar-refractivity contribution in [2.24, 2.45) is 0 Å². The molecular formula is C17H18F3N3O3. The summed E-state index contributed by atoms with van der Waals surface area (Å²) < 4.78 is 39.1. The number of carboxylic acid groups (broad SMARTS) is 1. The highest BCUT2D eigenvalue weighted by atomic mass is 19.4. The number of rotatable bonds is 6. The summed E-state index contributed by atoms with van der Waals surface area (Å²) in [4.78, 5) is 23.1. The molecule has 1 aromatic carbocycles. The van der Waals surface area contributed by atoms with Crippen molar-refractivity contribution in [2.75, 3.05) is 0 Å². The molecule has 2 rings (SSSR count). The van der Waals surface area contributed by atoms with Gasteiger partial charge in [-0.1, -0.05) is 12.1 Å². The van der Waals surface area contributed by atoms with Crippen molar-refractivity contribution >= 4 is 11.9 Å². The summed E-state index contributed by atoms with van der Waals surface area (Å²) in [5.74, 6) is -2.62. The molecule has 0 spiro atoms. The molecule has 1 atom stereocenters. The van der Waals surface area contributed by atoms with E-state index in [0.29, 0.717) is 12.1 Å². The van der Waals surface area contributed by atoms with E-state index in [-0.39, 0.29) is 5.56 Å². The third-order valence-electron chi connectivity index (χ3n) is 3.66. The first kappa shape index (κ1) is 19.5. The molecule has 1 unspecified atom stereocenters. The van der Waals surface area contributed by atoms with Crippen LogP contribution in [0.25, 0.3) is 0 Å². The molecule has 9 heteroatoms. The van der Waals surface area contributed by atoms with E-state index in [1.165, 1.54) is 12.1 Å². The molecule has 26 heavy (non-hydrogen) atoms. The molecular weight excluding hydrogens is 351 g/mol. The number of nitrogens with one attached hydrogen (secondary N) is 1. The van der Waals surface area contributed by atoms with Crippen molar-refractivity contribution < 1.29 is 27.9 Å². The summed E-state index contributed by atoms with van der Waals surface area (Å²) in [6.07, 6.45) is -6.34. The normalized spacial score (nSPS) is 12.7. The van der Waals surface area contributed by atoms with Crippen LogP contribution < -0.4 is 5.32 Å². The molecule has 0 fully saturated rings. The summed E-state index contributed by atoms with van der Waals surface area (Å²) >= 11 is 0. The molecule has 2 N–H and O–H groups in total. The van der Waals surface area contributed by atoms with Gasteiger partial charge in [-0.25, -0.2) is 4.79 Å². The highest BCUT2D eigenvalue weighted by Crippen LogP contribution is 2.22. The SMILES string of the molecule is Cc1cc(C)n(Cc2cccc(C(=O)NC(CC(F)(F)F)C(=O)O)c2)n1. The van der Waals surface area contributed by atoms with Gasteiger partial charge >= 0.3 is 12.1 Å². The van der Waals surface area contributed by atoms with Gasteiger partial charge in [-0.05, 0) is 37.6 Å². The van der Waals surface area contributed by atoms with E-state index in [9.17, 15) is 22.8 Å². The van der Waals surface area contributed by atoms with Gasteiger partial charge in [-0.15, -0.1) is 0 Å². The fraction of sp³-hybridized carbons (Fsp3) is 0.353. The van der Waals surface area contributed by atoms with Crippen LogP contribution in [-0.4, -0.2) is 39.0 Å². The molecule has 0 saturated carbocycles. The number of aromatic nitrogens is 2. The van der Waals surface area contributed by atoms with E-state index in [1.807, 2.05) is 25.2 Å². The van der Waals surface area contributed by atoms with Crippen LogP contribution in [0.15, 0.2) is 30.3 Å². The van der Waals surface area contributed by atoms with Crippen molar-refractivity contribution in [1.29, 1.82) is 0 Å². The molecule has 0 bridgehead atoms. The number of alkyl halides is 3. The summed E-state index contributed by atoms with van der Waals surface area (Å²) in [5.41, 5.74) is 2.56. The molecule has 1 aromatic heterocycles. The zero-order chi connectivity index (χ0) is 19.5. The smallest absolute Gasteiger partial charge is 0.391 e. The number of benzene rings is 1. The van der Waals surface area contributed by atoms with Gasteiger partial charge in [0.25, 0.3) is 5.91 Å². The first-order chi connectivity index (χ1) is 12.0. The van der Waals surface area contributed by atoms with Gasteiger partial charge in [0, 0.05) is 11.3 Å². The van der Waals surface area contributed by atoms with Crippen molar-refractivity contribution in [3.63, 3.8) is 0 Å². The van der Waals surface area contributed by atoms with Crippen LogP contribution in [0.2, 0.25) is 0 Å². The Labute approximate surface area is 147 Å². The van der Waals surface area contributed by atoms with Gasteiger partial charge < -0.3 is 10.4 Å². The minimum atomic E-state index is -4.70. The largest absolute Gasteiger partial charge is 0.480 e. The number of nitrogens with zero attached hydrogens (tertiary/aromatic N) is 2. The Bertz CT molecular complexity index is 815. The molecule has 0 aliphatic carbocycles. The summed E-state index contributed by atoms with van der Waals surface area (Å²) in [7, 11) is 0. The van der Waals surface area contributed by atoms with Gasteiger partial charge in [-0.3, -0.25) is 9.48 Å². The van der Waals surface area contributed by atoms with Gasteiger partial charge in [0.2, 0.25) is 0 Å². The maximum Gasteiger partial charge on any atom is 0.391 e.